The topological polar surface area (TPSA) is 67.9 Å². The largest absolute Gasteiger partial charge is 0.489 e. The lowest BCUT2D eigenvalue weighted by Crippen LogP contribution is -2.50. The van der Waals surface area contributed by atoms with Crippen LogP contribution in [-0.2, 0) is 15.7 Å². The lowest BCUT2D eigenvalue weighted by Gasteiger charge is -2.45. The number of rotatable bonds is 7. The first-order valence-electron chi connectivity index (χ1n) is 11.5. The van der Waals surface area contributed by atoms with E-state index in [0.717, 1.165) is 5.56 Å². The Balaban J connectivity index is 2.43. The zero-order chi connectivity index (χ0) is 25.9. The summed E-state index contributed by atoms with van der Waals surface area (Å²) in [5.41, 5.74) is -0.117. The summed E-state index contributed by atoms with van der Waals surface area (Å²) < 4.78 is 27.6. The van der Waals surface area contributed by atoms with Crippen molar-refractivity contribution in [2.45, 2.75) is 77.7 Å². The molecular formula is C25H38Cl2N2O4S. The lowest BCUT2D eigenvalue weighted by atomic mass is 9.72. The first-order chi connectivity index (χ1) is 15.6. The van der Waals surface area contributed by atoms with Crippen LogP contribution in [0.25, 0.3) is 0 Å². The summed E-state index contributed by atoms with van der Waals surface area (Å²) in [6.07, 6.45) is 2.68. The molecule has 1 heterocycles. The first-order valence-corrected chi connectivity index (χ1v) is 13.4. The molecule has 0 aromatic heterocycles. The van der Waals surface area contributed by atoms with E-state index in [1.165, 1.54) is 0 Å². The van der Waals surface area contributed by atoms with Gasteiger partial charge in [-0.1, -0.05) is 42.8 Å². The van der Waals surface area contributed by atoms with Gasteiger partial charge in [-0.2, -0.15) is 0 Å². The Hall–Kier alpha value is -1.28. The minimum absolute atomic E-state index is 0.295. The van der Waals surface area contributed by atoms with E-state index >= 15 is 0 Å². The molecule has 0 spiro atoms. The summed E-state index contributed by atoms with van der Waals surface area (Å²) in [4.78, 5) is 14.3. The molecule has 0 aliphatic carbocycles. The molecule has 9 heteroatoms. The second-order valence-corrected chi connectivity index (χ2v) is 13.8. The van der Waals surface area contributed by atoms with E-state index < -0.39 is 21.3 Å². The highest BCUT2D eigenvalue weighted by molar-refractivity contribution is 7.84. The third-order valence-corrected chi connectivity index (χ3v) is 8.04. The molecule has 1 amide bonds. The zero-order valence-electron chi connectivity index (χ0n) is 21.3. The first kappa shape index (κ1) is 29.0. The highest BCUT2D eigenvalue weighted by Gasteiger charge is 2.43. The van der Waals surface area contributed by atoms with Gasteiger partial charge in [0.15, 0.2) is 0 Å². The van der Waals surface area contributed by atoms with Crippen LogP contribution in [0.2, 0.25) is 10.0 Å². The SMILES string of the molecule is C=CCOc1cc(Cl)c(Cl)cc1C(NS(=O)C(C)(C)C)C1(C)CCN(C(=O)OC(C)(C)C)CC1. The average molecular weight is 534 g/mol. The van der Waals surface area contributed by atoms with Gasteiger partial charge in [0.1, 0.15) is 18.0 Å². The van der Waals surface area contributed by atoms with Crippen molar-refractivity contribution in [2.24, 2.45) is 5.41 Å². The zero-order valence-corrected chi connectivity index (χ0v) is 23.6. The number of nitrogens with one attached hydrogen (secondary N) is 1. The second kappa shape index (κ2) is 11.2. The average Bonchev–Trinajstić information content (AvgIpc) is 2.71. The molecule has 2 unspecified atom stereocenters. The van der Waals surface area contributed by atoms with Crippen molar-refractivity contribution in [3.05, 3.63) is 40.4 Å². The van der Waals surface area contributed by atoms with Crippen LogP contribution >= 0.6 is 23.2 Å². The van der Waals surface area contributed by atoms with Gasteiger partial charge in [-0.25, -0.2) is 13.7 Å². The molecule has 0 radical (unpaired) electrons. The number of amides is 1. The fraction of sp³-hybridized carbons (Fsp3) is 0.640. The summed E-state index contributed by atoms with van der Waals surface area (Å²) in [7, 11) is -1.36. The number of piperidine rings is 1. The normalized spacial score (nSPS) is 18.2. The molecule has 1 saturated heterocycles. The smallest absolute Gasteiger partial charge is 0.410 e. The Bertz CT molecular complexity index is 917. The molecule has 1 fully saturated rings. The van der Waals surface area contributed by atoms with Crippen molar-refractivity contribution in [3.8, 4) is 5.75 Å². The van der Waals surface area contributed by atoms with Crippen molar-refractivity contribution in [1.29, 1.82) is 0 Å². The quantitative estimate of drug-likeness (QED) is 0.397. The molecule has 0 bridgehead atoms. The van der Waals surface area contributed by atoms with Crippen LogP contribution in [0.15, 0.2) is 24.8 Å². The molecule has 1 aliphatic rings. The van der Waals surface area contributed by atoms with Gasteiger partial charge in [-0.05, 0) is 65.9 Å². The third kappa shape index (κ3) is 7.61. The van der Waals surface area contributed by atoms with Gasteiger partial charge >= 0.3 is 6.09 Å². The van der Waals surface area contributed by atoms with Gasteiger partial charge < -0.3 is 14.4 Å². The molecule has 1 N–H and O–H groups in total. The third-order valence-electron chi connectivity index (χ3n) is 5.76. The van der Waals surface area contributed by atoms with Gasteiger partial charge in [-0.3, -0.25) is 0 Å². The summed E-state index contributed by atoms with van der Waals surface area (Å²) in [5, 5.41) is 0.774. The molecule has 34 heavy (non-hydrogen) atoms. The summed E-state index contributed by atoms with van der Waals surface area (Å²) >= 11 is 12.7. The van der Waals surface area contributed by atoms with Crippen molar-refractivity contribution in [1.82, 2.24) is 9.62 Å². The number of halogens is 2. The maximum Gasteiger partial charge on any atom is 0.410 e. The van der Waals surface area contributed by atoms with Crippen LogP contribution in [0.5, 0.6) is 5.75 Å². The maximum atomic E-state index is 13.2. The number of hydrogen-bond donors (Lipinski definition) is 1. The van der Waals surface area contributed by atoms with E-state index in [1.807, 2.05) is 41.5 Å². The number of benzene rings is 1. The van der Waals surface area contributed by atoms with Crippen LogP contribution in [0.1, 0.15) is 72.9 Å². The van der Waals surface area contributed by atoms with E-state index in [2.05, 4.69) is 18.2 Å². The Morgan fingerprint density at radius 1 is 1.21 bits per heavy atom. The van der Waals surface area contributed by atoms with E-state index in [-0.39, 0.29) is 17.6 Å². The molecule has 1 aromatic rings. The molecule has 1 aromatic carbocycles. The summed E-state index contributed by atoms with van der Waals surface area (Å²) in [6.45, 7) is 18.5. The molecule has 2 atom stereocenters. The molecule has 6 nitrogen and oxygen atoms in total. The molecular weight excluding hydrogens is 495 g/mol. The second-order valence-electron chi connectivity index (χ2n) is 11.0. The molecule has 2 rings (SSSR count). The fourth-order valence-electron chi connectivity index (χ4n) is 3.72. The molecule has 192 valence electrons. The summed E-state index contributed by atoms with van der Waals surface area (Å²) in [5.74, 6) is 0.563. The molecule has 1 aliphatic heterocycles. The number of carbonyl (C=O) groups excluding carboxylic acids is 1. The van der Waals surface area contributed by atoms with E-state index in [4.69, 9.17) is 32.7 Å². The van der Waals surface area contributed by atoms with Gasteiger partial charge in [0.25, 0.3) is 0 Å². The van der Waals surface area contributed by atoms with E-state index in [0.29, 0.717) is 48.3 Å². The van der Waals surface area contributed by atoms with Gasteiger partial charge in [-0.15, -0.1) is 0 Å². The summed E-state index contributed by atoms with van der Waals surface area (Å²) in [6, 6.07) is 3.12. The standard InChI is InChI=1S/C25H38Cl2N2O4S/c1-9-14-32-20-16-19(27)18(26)15-17(20)21(28-34(31)24(5,6)7)25(8)10-12-29(13-11-25)22(30)33-23(2,3)4/h9,15-16,21,28H,1,10-14H2,2-8H3. The Labute approximate surface area is 216 Å². The van der Waals surface area contributed by atoms with Crippen LogP contribution in [0.3, 0.4) is 0 Å². The van der Waals surface area contributed by atoms with Crippen LogP contribution < -0.4 is 9.46 Å². The highest BCUT2D eigenvalue weighted by Crippen LogP contribution is 2.47. The van der Waals surface area contributed by atoms with Crippen molar-refractivity contribution >= 4 is 40.3 Å². The van der Waals surface area contributed by atoms with Gasteiger partial charge in [0.05, 0.1) is 31.8 Å². The fourth-order valence-corrected chi connectivity index (χ4v) is 5.03. The molecule has 0 saturated carbocycles. The minimum Gasteiger partial charge on any atom is -0.489 e. The van der Waals surface area contributed by atoms with E-state index in [1.54, 1.807) is 23.1 Å². The number of hydrogen-bond acceptors (Lipinski definition) is 4. The Morgan fingerprint density at radius 3 is 2.26 bits per heavy atom. The Morgan fingerprint density at radius 2 is 1.76 bits per heavy atom. The van der Waals surface area contributed by atoms with Crippen molar-refractivity contribution in [2.75, 3.05) is 19.7 Å². The van der Waals surface area contributed by atoms with Crippen LogP contribution in [0.4, 0.5) is 4.79 Å². The number of nitrogens with zero attached hydrogens (tertiary/aromatic N) is 1. The van der Waals surface area contributed by atoms with Crippen LogP contribution in [-0.4, -0.2) is 45.2 Å². The van der Waals surface area contributed by atoms with E-state index in [9.17, 15) is 9.00 Å². The monoisotopic (exact) mass is 532 g/mol. The van der Waals surface area contributed by atoms with Crippen molar-refractivity contribution in [3.63, 3.8) is 0 Å². The maximum absolute atomic E-state index is 13.2. The lowest BCUT2D eigenvalue weighted by molar-refractivity contribution is 0.00807. The van der Waals surface area contributed by atoms with Gasteiger partial charge in [0, 0.05) is 24.7 Å². The predicted octanol–water partition coefficient (Wildman–Crippen LogP) is 6.69. The minimum atomic E-state index is -1.36. The number of carbonyl (C=O) groups is 1. The predicted molar refractivity (Wildman–Crippen MR) is 141 cm³/mol. The van der Waals surface area contributed by atoms with Gasteiger partial charge in [0.2, 0.25) is 0 Å². The highest BCUT2D eigenvalue weighted by atomic mass is 35.5. The number of ether oxygens (including phenoxy) is 2. The van der Waals surface area contributed by atoms with Crippen LogP contribution in [0, 0.1) is 5.41 Å². The Kier molecular flexibility index (Phi) is 9.53. The van der Waals surface area contributed by atoms with Crippen molar-refractivity contribution < 1.29 is 18.5 Å². The number of likely N-dealkylation sites (tertiary alicyclic amines) is 1.